The van der Waals surface area contributed by atoms with Gasteiger partial charge in [-0.05, 0) is 75.7 Å². The van der Waals surface area contributed by atoms with Crippen LogP contribution in [0.5, 0.6) is 0 Å². The van der Waals surface area contributed by atoms with Crippen molar-refractivity contribution in [2.24, 2.45) is 0 Å². The van der Waals surface area contributed by atoms with Crippen LogP contribution in [0.25, 0.3) is 104 Å². The van der Waals surface area contributed by atoms with Crippen molar-refractivity contribution in [3.05, 3.63) is 194 Å². The highest BCUT2D eigenvalue weighted by Gasteiger charge is 2.22. The molecule has 3 heterocycles. The first-order chi connectivity index (χ1) is 29.4. The minimum atomic E-state index is 0.00654. The van der Waals surface area contributed by atoms with Crippen molar-refractivity contribution in [1.29, 1.82) is 0 Å². The molecule has 0 spiro atoms. The first kappa shape index (κ1) is 35.9. The van der Waals surface area contributed by atoms with Gasteiger partial charge in [-0.1, -0.05) is 166 Å². The van der Waals surface area contributed by atoms with Crippen LogP contribution in [-0.4, -0.2) is 19.5 Å². The van der Waals surface area contributed by atoms with Crippen LogP contribution in [-0.2, 0) is 5.41 Å². The standard InChI is InChI=1S/C55H40N4S/c1-55(2,3)40-29-31-48-46(34-40)42-22-10-12-26-47(42)59(48)49-33-37(35-16-6-4-7-17-35)28-30-45(49)54-57-52(36-18-8-5-9-19-36)56-53(58-54)39-21-14-20-38(32-39)41-24-15-25-44-43-23-11-13-27-50(43)60-51(41)44/h4-34H,1-3H3. The molecule has 8 aromatic carbocycles. The summed E-state index contributed by atoms with van der Waals surface area (Å²) in [6.45, 7) is 6.83. The second-order valence-corrected chi connectivity index (χ2v) is 17.5. The minimum absolute atomic E-state index is 0.00654. The predicted molar refractivity (Wildman–Crippen MR) is 253 cm³/mol. The molecule has 0 aliphatic carbocycles. The molecule has 11 aromatic rings. The Morgan fingerprint density at radius 3 is 1.82 bits per heavy atom. The smallest absolute Gasteiger partial charge is 0.166 e. The van der Waals surface area contributed by atoms with E-state index in [1.54, 1.807) is 0 Å². The van der Waals surface area contributed by atoms with Crippen LogP contribution in [0, 0.1) is 0 Å². The molecule has 286 valence electrons. The fraction of sp³-hybridized carbons (Fsp3) is 0.0727. The highest BCUT2D eigenvalue weighted by atomic mass is 32.1. The average molecular weight is 789 g/mol. The summed E-state index contributed by atoms with van der Waals surface area (Å²) in [5, 5.41) is 5.00. The normalized spacial score (nSPS) is 11.9. The van der Waals surface area contributed by atoms with E-state index < -0.39 is 0 Å². The van der Waals surface area contributed by atoms with Gasteiger partial charge in [-0.15, -0.1) is 11.3 Å². The highest BCUT2D eigenvalue weighted by Crippen LogP contribution is 2.42. The Balaban J connectivity index is 1.15. The van der Waals surface area contributed by atoms with E-state index in [4.69, 9.17) is 15.0 Å². The maximum atomic E-state index is 5.38. The minimum Gasteiger partial charge on any atom is -0.308 e. The van der Waals surface area contributed by atoms with Gasteiger partial charge >= 0.3 is 0 Å². The molecule has 0 amide bonds. The van der Waals surface area contributed by atoms with Crippen LogP contribution in [0.4, 0.5) is 0 Å². The lowest BCUT2D eigenvalue weighted by atomic mass is 9.86. The molecule has 0 radical (unpaired) electrons. The summed E-state index contributed by atoms with van der Waals surface area (Å²) >= 11 is 1.84. The molecule has 4 nitrogen and oxygen atoms in total. The van der Waals surface area contributed by atoms with Crippen molar-refractivity contribution in [1.82, 2.24) is 19.5 Å². The van der Waals surface area contributed by atoms with Crippen LogP contribution in [0.1, 0.15) is 26.3 Å². The lowest BCUT2D eigenvalue weighted by molar-refractivity contribution is 0.591. The summed E-state index contributed by atoms with van der Waals surface area (Å²) < 4.78 is 4.97. The number of benzene rings is 8. The SMILES string of the molecule is CC(C)(C)c1ccc2c(c1)c1ccccc1n2-c1cc(-c2ccccc2)ccc1-c1nc(-c2ccccc2)nc(-c2cccc(-c3cccc4c3sc3ccccc34)c2)n1. The molecule has 0 saturated heterocycles. The number of aromatic nitrogens is 4. The third-order valence-corrected chi connectivity index (χ3v) is 12.8. The van der Waals surface area contributed by atoms with Gasteiger partial charge in [0.05, 0.1) is 16.7 Å². The Morgan fingerprint density at radius 2 is 1.02 bits per heavy atom. The summed E-state index contributed by atoms with van der Waals surface area (Å²) in [4.78, 5) is 15.9. The lowest BCUT2D eigenvalue weighted by Gasteiger charge is -2.19. The van der Waals surface area contributed by atoms with Gasteiger partial charge in [0.15, 0.2) is 17.5 Å². The van der Waals surface area contributed by atoms with Gasteiger partial charge in [-0.2, -0.15) is 0 Å². The zero-order chi connectivity index (χ0) is 40.4. The number of hydrogen-bond donors (Lipinski definition) is 0. The van der Waals surface area contributed by atoms with E-state index >= 15 is 0 Å². The zero-order valence-electron chi connectivity index (χ0n) is 33.6. The molecule has 11 rings (SSSR count). The average Bonchev–Trinajstić information content (AvgIpc) is 3.85. The third-order valence-electron chi connectivity index (χ3n) is 11.6. The molecule has 0 atom stereocenters. The van der Waals surface area contributed by atoms with Gasteiger partial charge in [0, 0.05) is 47.6 Å². The van der Waals surface area contributed by atoms with Gasteiger partial charge in [-0.25, -0.2) is 15.0 Å². The Kier molecular flexibility index (Phi) is 8.54. The summed E-state index contributed by atoms with van der Waals surface area (Å²) in [6.07, 6.45) is 0. The quantitative estimate of drug-likeness (QED) is 0.169. The van der Waals surface area contributed by atoms with Crippen LogP contribution >= 0.6 is 11.3 Å². The number of nitrogens with zero attached hydrogens (tertiary/aromatic N) is 4. The van der Waals surface area contributed by atoms with Crippen molar-refractivity contribution in [2.75, 3.05) is 0 Å². The lowest BCUT2D eigenvalue weighted by Crippen LogP contribution is -2.10. The van der Waals surface area contributed by atoms with Gasteiger partial charge in [0.1, 0.15) is 0 Å². The predicted octanol–water partition coefficient (Wildman–Crippen LogP) is 15.0. The molecule has 0 unspecified atom stereocenters. The zero-order valence-corrected chi connectivity index (χ0v) is 34.4. The second kappa shape index (κ2) is 14.3. The third kappa shape index (κ3) is 6.18. The van der Waals surface area contributed by atoms with Crippen LogP contribution in [0.3, 0.4) is 0 Å². The largest absolute Gasteiger partial charge is 0.308 e. The van der Waals surface area contributed by atoms with Gasteiger partial charge in [0.2, 0.25) is 0 Å². The van der Waals surface area contributed by atoms with Crippen molar-refractivity contribution in [3.63, 3.8) is 0 Å². The number of thiophene rings is 1. The molecular weight excluding hydrogens is 749 g/mol. The van der Waals surface area contributed by atoms with Crippen LogP contribution in [0.2, 0.25) is 0 Å². The van der Waals surface area contributed by atoms with E-state index in [0.717, 1.165) is 50.1 Å². The van der Waals surface area contributed by atoms with Gasteiger partial charge in [0.25, 0.3) is 0 Å². The summed E-state index contributed by atoms with van der Waals surface area (Å²) in [6, 6.07) is 67.1. The number of para-hydroxylation sites is 1. The molecule has 3 aromatic heterocycles. The first-order valence-electron chi connectivity index (χ1n) is 20.4. The molecule has 5 heteroatoms. The maximum absolute atomic E-state index is 5.38. The molecule has 0 aliphatic rings. The van der Waals surface area contributed by atoms with E-state index in [1.165, 1.54) is 42.1 Å². The van der Waals surface area contributed by atoms with Gasteiger partial charge in [-0.3, -0.25) is 0 Å². The topological polar surface area (TPSA) is 43.6 Å². The van der Waals surface area contributed by atoms with Crippen molar-refractivity contribution in [2.45, 2.75) is 26.2 Å². The molecule has 0 bridgehead atoms. The summed E-state index contributed by atoms with van der Waals surface area (Å²) in [5.41, 5.74) is 12.0. The summed E-state index contributed by atoms with van der Waals surface area (Å²) in [7, 11) is 0. The first-order valence-corrected chi connectivity index (χ1v) is 21.3. The van der Waals surface area contributed by atoms with E-state index in [1.807, 2.05) is 29.5 Å². The van der Waals surface area contributed by atoms with Crippen LogP contribution < -0.4 is 0 Å². The van der Waals surface area contributed by atoms with Crippen molar-refractivity contribution in [3.8, 4) is 62.1 Å². The Morgan fingerprint density at radius 1 is 0.400 bits per heavy atom. The van der Waals surface area contributed by atoms with E-state index in [9.17, 15) is 0 Å². The Labute approximate surface area is 353 Å². The molecule has 60 heavy (non-hydrogen) atoms. The fourth-order valence-electron chi connectivity index (χ4n) is 8.56. The molecule has 0 N–H and O–H groups in total. The number of fused-ring (bicyclic) bond motifs is 6. The van der Waals surface area contributed by atoms with E-state index in [0.29, 0.717) is 17.5 Å². The highest BCUT2D eigenvalue weighted by molar-refractivity contribution is 7.26. The molecule has 0 aliphatic heterocycles. The van der Waals surface area contributed by atoms with Crippen molar-refractivity contribution >= 4 is 53.3 Å². The number of hydrogen-bond acceptors (Lipinski definition) is 4. The summed E-state index contributed by atoms with van der Waals surface area (Å²) in [5.74, 6) is 1.87. The van der Waals surface area contributed by atoms with Crippen molar-refractivity contribution < 1.29 is 0 Å². The Bertz CT molecular complexity index is 3410. The Hall–Kier alpha value is -7.21. The van der Waals surface area contributed by atoms with E-state index in [2.05, 4.69) is 195 Å². The molecular formula is C55H40N4S. The van der Waals surface area contributed by atoms with E-state index in [-0.39, 0.29) is 5.41 Å². The van der Waals surface area contributed by atoms with Crippen LogP contribution in [0.15, 0.2) is 188 Å². The number of rotatable bonds is 6. The monoisotopic (exact) mass is 788 g/mol. The molecule has 0 fully saturated rings. The maximum Gasteiger partial charge on any atom is 0.166 e. The van der Waals surface area contributed by atoms with Gasteiger partial charge < -0.3 is 4.57 Å². The second-order valence-electron chi connectivity index (χ2n) is 16.5. The fourth-order valence-corrected chi connectivity index (χ4v) is 9.80. The molecule has 0 saturated carbocycles.